The van der Waals surface area contributed by atoms with E-state index in [0.29, 0.717) is 11.8 Å². The van der Waals surface area contributed by atoms with Gasteiger partial charge in [-0.15, -0.1) is 0 Å². The van der Waals surface area contributed by atoms with Crippen LogP contribution in [-0.4, -0.2) is 15.6 Å². The van der Waals surface area contributed by atoms with Crippen LogP contribution in [0.4, 0.5) is 5.69 Å². The molecule has 0 fully saturated rings. The first kappa shape index (κ1) is 22.5. The lowest BCUT2D eigenvalue weighted by Crippen LogP contribution is -2.02. The number of pyridine rings is 1. The lowest BCUT2D eigenvalue weighted by Gasteiger charge is -2.01. The predicted octanol–water partition coefficient (Wildman–Crippen LogP) is 4.98. The van der Waals surface area contributed by atoms with Gasteiger partial charge in [-0.3, -0.25) is 20.1 Å². The second kappa shape index (κ2) is 11.9. The van der Waals surface area contributed by atoms with Crippen molar-refractivity contribution in [2.24, 2.45) is 16.6 Å². The van der Waals surface area contributed by atoms with Crippen molar-refractivity contribution in [2.75, 3.05) is 0 Å². The Kier molecular flexibility index (Phi) is 10.8. The first-order chi connectivity index (χ1) is 11.8. The molecule has 138 valence electrons. The minimum absolute atomic E-state index is 0.0411. The minimum Gasteiger partial charge on any atom is -0.401 e. The molecule has 0 aromatic carbocycles. The smallest absolute Gasteiger partial charge is 0.287 e. The molecule has 1 aromatic rings. The van der Waals surface area contributed by atoms with Gasteiger partial charge >= 0.3 is 0 Å². The van der Waals surface area contributed by atoms with Crippen molar-refractivity contribution in [3.63, 3.8) is 0 Å². The van der Waals surface area contributed by atoms with Crippen molar-refractivity contribution >= 4 is 11.4 Å². The van der Waals surface area contributed by atoms with E-state index >= 15 is 0 Å². The topological polar surface area (TPSA) is 94.4 Å². The maximum Gasteiger partial charge on any atom is 0.287 e. The molecule has 2 heterocycles. The van der Waals surface area contributed by atoms with Gasteiger partial charge in [-0.1, -0.05) is 47.6 Å². The van der Waals surface area contributed by atoms with Crippen molar-refractivity contribution in [1.29, 1.82) is 0 Å². The molecule has 2 N–H and O–H groups in total. The highest BCUT2D eigenvalue weighted by Crippen LogP contribution is 2.14. The molecule has 0 saturated carbocycles. The molecule has 0 amide bonds. The molecule has 1 aliphatic heterocycles. The van der Waals surface area contributed by atoms with Gasteiger partial charge in [0, 0.05) is 35.8 Å². The second-order valence-corrected chi connectivity index (χ2v) is 5.87. The van der Waals surface area contributed by atoms with Crippen LogP contribution in [0.3, 0.4) is 0 Å². The summed E-state index contributed by atoms with van der Waals surface area (Å²) in [5.41, 5.74) is 8.45. The van der Waals surface area contributed by atoms with Gasteiger partial charge in [-0.25, -0.2) is 0 Å². The van der Waals surface area contributed by atoms with Gasteiger partial charge in [0.25, 0.3) is 5.69 Å². The van der Waals surface area contributed by atoms with E-state index < -0.39 is 4.92 Å². The Morgan fingerprint density at radius 2 is 1.80 bits per heavy atom. The number of nitro groups is 1. The minimum atomic E-state index is -0.447. The zero-order valence-electron chi connectivity index (χ0n) is 16.1. The summed E-state index contributed by atoms with van der Waals surface area (Å²) in [4.78, 5) is 18.0. The Bertz CT molecular complexity index is 615. The summed E-state index contributed by atoms with van der Waals surface area (Å²) in [5, 5.41) is 10.2. The van der Waals surface area contributed by atoms with Crippen LogP contribution in [0.2, 0.25) is 0 Å². The zero-order valence-corrected chi connectivity index (χ0v) is 16.1. The van der Waals surface area contributed by atoms with E-state index in [1.165, 1.54) is 12.3 Å². The fourth-order valence-electron chi connectivity index (χ4n) is 1.76. The average Bonchev–Trinajstić information content (AvgIpc) is 2.82. The fourth-order valence-corrected chi connectivity index (χ4v) is 1.76. The molecular weight excluding hydrogens is 316 g/mol. The van der Waals surface area contributed by atoms with E-state index in [2.05, 4.69) is 29.9 Å². The first-order valence-electron chi connectivity index (χ1n) is 8.60. The molecule has 0 saturated heterocycles. The zero-order chi connectivity index (χ0) is 19.4. The highest BCUT2D eigenvalue weighted by molar-refractivity contribution is 5.97. The summed E-state index contributed by atoms with van der Waals surface area (Å²) in [6, 6.07) is 3.16. The second-order valence-electron chi connectivity index (χ2n) is 5.87. The van der Waals surface area contributed by atoms with Crippen LogP contribution in [0, 0.1) is 16.0 Å². The summed E-state index contributed by atoms with van der Waals surface area (Å²) in [6.45, 7) is 12.2. The standard InChI is InChI=1S/C9H14N2.C8H10N2O2.C2H6/c1-7(2)9-5-3-4-8(10)6-11-9;1-6(2)8-4-3-7(5-9-8)10(11)12;1-2/h3,5-7H,4,10H2,1-2H3;3-6H,1-2H3;1-2H3. The van der Waals surface area contributed by atoms with Gasteiger partial charge in [0.05, 0.1) is 4.92 Å². The van der Waals surface area contributed by atoms with E-state index in [1.54, 1.807) is 12.3 Å². The summed E-state index contributed by atoms with van der Waals surface area (Å²) in [7, 11) is 0. The van der Waals surface area contributed by atoms with Crippen LogP contribution < -0.4 is 5.73 Å². The first-order valence-corrected chi connectivity index (χ1v) is 8.60. The lowest BCUT2D eigenvalue weighted by atomic mass is 10.1. The molecule has 1 aliphatic rings. The largest absolute Gasteiger partial charge is 0.401 e. The predicted molar refractivity (Wildman–Crippen MR) is 105 cm³/mol. The number of aromatic nitrogens is 1. The summed E-state index contributed by atoms with van der Waals surface area (Å²) >= 11 is 0. The Balaban J connectivity index is 0.000000421. The highest BCUT2D eigenvalue weighted by Gasteiger charge is 2.06. The molecule has 2 rings (SSSR count). The van der Waals surface area contributed by atoms with E-state index in [9.17, 15) is 10.1 Å². The SMILES string of the molecule is CC.CC(C)C1=NC=C(N)CC=C1.CC(C)c1ccc([N+](=O)[O-])cn1. The molecule has 0 unspecified atom stereocenters. The van der Waals surface area contributed by atoms with Crippen LogP contribution in [0.15, 0.2) is 47.4 Å². The third-order valence-corrected chi connectivity index (χ3v) is 3.19. The van der Waals surface area contributed by atoms with Gasteiger partial charge in [0.1, 0.15) is 6.20 Å². The normalized spacial score (nSPS) is 13.0. The molecule has 0 spiro atoms. The molecule has 25 heavy (non-hydrogen) atoms. The molecule has 1 aromatic heterocycles. The van der Waals surface area contributed by atoms with Crippen LogP contribution >= 0.6 is 0 Å². The fraction of sp³-hybridized carbons (Fsp3) is 0.474. The van der Waals surface area contributed by atoms with Crippen LogP contribution in [0.1, 0.15) is 59.6 Å². The number of nitrogens with zero attached hydrogens (tertiary/aromatic N) is 3. The van der Waals surface area contributed by atoms with Crippen molar-refractivity contribution in [1.82, 2.24) is 4.98 Å². The Labute approximate surface area is 150 Å². The van der Waals surface area contributed by atoms with E-state index in [1.807, 2.05) is 33.8 Å². The van der Waals surface area contributed by atoms with Gasteiger partial charge in [-0.05, 0) is 24.0 Å². The Morgan fingerprint density at radius 3 is 2.24 bits per heavy atom. The van der Waals surface area contributed by atoms with Gasteiger partial charge < -0.3 is 5.73 Å². The molecule has 0 atom stereocenters. The third-order valence-electron chi connectivity index (χ3n) is 3.19. The van der Waals surface area contributed by atoms with Crippen LogP contribution in [-0.2, 0) is 0 Å². The summed E-state index contributed by atoms with van der Waals surface area (Å²) in [6.07, 6.45) is 7.95. The molecule has 6 heteroatoms. The van der Waals surface area contributed by atoms with E-state index in [0.717, 1.165) is 23.5 Å². The molecular formula is C19H30N4O2. The van der Waals surface area contributed by atoms with Gasteiger partial charge in [-0.2, -0.15) is 0 Å². The molecule has 0 bridgehead atoms. The number of nitrogens with two attached hydrogens (primary N) is 1. The highest BCUT2D eigenvalue weighted by atomic mass is 16.6. The van der Waals surface area contributed by atoms with Crippen molar-refractivity contribution in [2.45, 2.75) is 53.9 Å². The molecule has 0 radical (unpaired) electrons. The maximum absolute atomic E-state index is 10.2. The number of aliphatic imine (C=N–C) groups is 1. The number of hydrogen-bond donors (Lipinski definition) is 1. The van der Waals surface area contributed by atoms with E-state index in [-0.39, 0.29) is 5.69 Å². The van der Waals surface area contributed by atoms with E-state index in [4.69, 9.17) is 5.73 Å². The maximum atomic E-state index is 10.2. The Hall–Kier alpha value is -2.50. The van der Waals surface area contributed by atoms with Gasteiger partial charge in [0.15, 0.2) is 0 Å². The van der Waals surface area contributed by atoms with Crippen molar-refractivity contribution in [3.8, 4) is 0 Å². The van der Waals surface area contributed by atoms with Crippen molar-refractivity contribution < 1.29 is 4.92 Å². The average molecular weight is 346 g/mol. The lowest BCUT2D eigenvalue weighted by molar-refractivity contribution is -0.385. The third kappa shape index (κ3) is 8.79. The molecule has 0 aliphatic carbocycles. The summed E-state index contributed by atoms with van der Waals surface area (Å²) < 4.78 is 0. The van der Waals surface area contributed by atoms with Crippen LogP contribution in [0.25, 0.3) is 0 Å². The number of allylic oxidation sites excluding steroid dienone is 2. The van der Waals surface area contributed by atoms with Crippen molar-refractivity contribution in [3.05, 3.63) is 58.2 Å². The monoisotopic (exact) mass is 346 g/mol. The van der Waals surface area contributed by atoms with Gasteiger partial charge in [0.2, 0.25) is 0 Å². The Morgan fingerprint density at radius 1 is 1.16 bits per heavy atom. The number of hydrogen-bond acceptors (Lipinski definition) is 5. The summed E-state index contributed by atoms with van der Waals surface area (Å²) in [5.74, 6) is 0.791. The number of rotatable bonds is 3. The van der Waals surface area contributed by atoms with Crippen LogP contribution in [0.5, 0.6) is 0 Å². The molecule has 6 nitrogen and oxygen atoms in total. The quantitative estimate of drug-likeness (QED) is 0.616.